The lowest BCUT2D eigenvalue weighted by Crippen LogP contribution is -2.42. The summed E-state index contributed by atoms with van der Waals surface area (Å²) in [7, 11) is 3.24. The first-order chi connectivity index (χ1) is 15.8. The molecule has 0 radical (unpaired) electrons. The normalized spacial score (nSPS) is 19.5. The van der Waals surface area contributed by atoms with Crippen LogP contribution >= 0.6 is 0 Å². The van der Waals surface area contributed by atoms with Gasteiger partial charge >= 0.3 is 6.03 Å². The lowest BCUT2D eigenvalue weighted by atomic mass is 9.83. The molecule has 3 aromatic rings. The number of nitrogens with one attached hydrogen (secondary N) is 1. The summed E-state index contributed by atoms with van der Waals surface area (Å²) in [5, 5.41) is 7.69. The van der Waals surface area contributed by atoms with Crippen LogP contribution in [0.25, 0.3) is 0 Å². The van der Waals surface area contributed by atoms with Crippen molar-refractivity contribution in [3.63, 3.8) is 0 Å². The second-order valence-electron chi connectivity index (χ2n) is 9.18. The average molecular weight is 446 g/mol. The van der Waals surface area contributed by atoms with Gasteiger partial charge in [-0.05, 0) is 50.6 Å². The quantitative estimate of drug-likeness (QED) is 0.644. The van der Waals surface area contributed by atoms with Gasteiger partial charge in [0.15, 0.2) is 17.3 Å². The van der Waals surface area contributed by atoms with E-state index in [0.717, 1.165) is 22.6 Å². The highest BCUT2D eigenvalue weighted by molar-refractivity contribution is 6.18. The van der Waals surface area contributed by atoms with Gasteiger partial charge in [0.25, 0.3) is 0 Å². The Balaban J connectivity index is 1.73. The number of para-hydroxylation sites is 1. The lowest BCUT2D eigenvalue weighted by Gasteiger charge is -2.33. The van der Waals surface area contributed by atoms with E-state index in [9.17, 15) is 4.79 Å². The van der Waals surface area contributed by atoms with Crippen molar-refractivity contribution >= 4 is 23.4 Å². The fourth-order valence-corrected chi connectivity index (χ4v) is 4.63. The molecule has 0 spiro atoms. The first-order valence-electron chi connectivity index (χ1n) is 10.9. The van der Waals surface area contributed by atoms with E-state index in [0.29, 0.717) is 17.3 Å². The number of aromatic nitrogens is 2. The van der Waals surface area contributed by atoms with Gasteiger partial charge in [-0.2, -0.15) is 5.10 Å². The van der Waals surface area contributed by atoms with E-state index in [4.69, 9.17) is 14.5 Å². The summed E-state index contributed by atoms with van der Waals surface area (Å²) in [6.45, 7) is 6.25. The molecule has 2 unspecified atom stereocenters. The number of nitrogens with zero attached hydrogens (tertiary/aromatic N) is 4. The average Bonchev–Trinajstić information content (AvgIpc) is 3.37. The fraction of sp³-hybridized carbons (Fsp3) is 0.320. The molecule has 3 heterocycles. The zero-order valence-electron chi connectivity index (χ0n) is 19.4. The van der Waals surface area contributed by atoms with E-state index in [2.05, 4.69) is 31.2 Å². The van der Waals surface area contributed by atoms with Crippen LogP contribution in [0.1, 0.15) is 37.8 Å². The maximum Gasteiger partial charge on any atom is 0.328 e. The number of ether oxygens (including phenoxy) is 2. The molecular weight excluding hydrogens is 418 g/mol. The molecule has 1 fully saturated rings. The second-order valence-corrected chi connectivity index (χ2v) is 9.18. The van der Waals surface area contributed by atoms with Crippen molar-refractivity contribution in [1.82, 2.24) is 15.1 Å². The third-order valence-corrected chi connectivity index (χ3v) is 6.10. The molecule has 0 saturated carbocycles. The Labute approximate surface area is 192 Å². The van der Waals surface area contributed by atoms with Gasteiger partial charge in [0, 0.05) is 17.2 Å². The molecule has 8 heteroatoms. The number of hydrogen-bond donors (Lipinski definition) is 1. The van der Waals surface area contributed by atoms with Gasteiger partial charge in [0.1, 0.15) is 11.9 Å². The molecule has 0 aliphatic carbocycles. The molecule has 2 aromatic carbocycles. The molecule has 8 nitrogen and oxygen atoms in total. The van der Waals surface area contributed by atoms with Crippen LogP contribution in [0, 0.1) is 0 Å². The molecule has 1 saturated heterocycles. The number of amidine groups is 1. The van der Waals surface area contributed by atoms with Gasteiger partial charge in [-0.1, -0.05) is 24.3 Å². The van der Waals surface area contributed by atoms with Crippen LogP contribution in [-0.2, 0) is 5.54 Å². The number of carbonyl (C=O) groups excluding carboxylic acids is 1. The predicted octanol–water partition coefficient (Wildman–Crippen LogP) is 4.43. The SMILES string of the molecule is COc1ccc(C2c3cnn(C(C)(C)C)c3N=C3NC(=O)N(c4ccccc4)C32)cc1OC. The first kappa shape index (κ1) is 21.1. The van der Waals surface area contributed by atoms with Crippen molar-refractivity contribution in [3.8, 4) is 11.5 Å². The zero-order valence-corrected chi connectivity index (χ0v) is 19.4. The number of hydrogen-bond acceptors (Lipinski definition) is 5. The highest BCUT2D eigenvalue weighted by Crippen LogP contribution is 2.46. The number of anilines is 1. The second kappa shape index (κ2) is 7.65. The number of rotatable bonds is 4. The number of methoxy groups -OCH3 is 2. The fourth-order valence-electron chi connectivity index (χ4n) is 4.63. The third kappa shape index (κ3) is 3.33. The molecule has 0 bridgehead atoms. The molecule has 2 aliphatic heterocycles. The third-order valence-electron chi connectivity index (χ3n) is 6.10. The monoisotopic (exact) mass is 445 g/mol. The van der Waals surface area contributed by atoms with Gasteiger partial charge < -0.3 is 9.47 Å². The minimum Gasteiger partial charge on any atom is -0.493 e. The van der Waals surface area contributed by atoms with Crippen LogP contribution in [-0.4, -0.2) is 41.9 Å². The van der Waals surface area contributed by atoms with Crippen molar-refractivity contribution in [2.75, 3.05) is 19.1 Å². The molecular formula is C25H27N5O3. The summed E-state index contributed by atoms with van der Waals surface area (Å²) in [6, 6.07) is 15.0. The van der Waals surface area contributed by atoms with Crippen molar-refractivity contribution in [3.05, 3.63) is 65.9 Å². The van der Waals surface area contributed by atoms with E-state index in [1.54, 1.807) is 19.1 Å². The van der Waals surface area contributed by atoms with Crippen molar-refractivity contribution in [1.29, 1.82) is 0 Å². The molecule has 2 amide bonds. The Kier molecular flexibility index (Phi) is 4.88. The Bertz CT molecular complexity index is 1240. The summed E-state index contributed by atoms with van der Waals surface area (Å²) >= 11 is 0. The summed E-state index contributed by atoms with van der Waals surface area (Å²) in [5.41, 5.74) is 2.48. The van der Waals surface area contributed by atoms with Crippen LogP contribution in [0.2, 0.25) is 0 Å². The van der Waals surface area contributed by atoms with E-state index in [1.807, 2.05) is 59.4 Å². The first-order valence-corrected chi connectivity index (χ1v) is 10.9. The van der Waals surface area contributed by atoms with E-state index >= 15 is 0 Å². The number of urea groups is 1. The molecule has 2 aliphatic rings. The maximum atomic E-state index is 13.2. The summed E-state index contributed by atoms with van der Waals surface area (Å²) in [6.07, 6.45) is 1.87. The standard InChI is InChI=1S/C25H27N5O3/c1-25(2,3)30-23-17(14-26-30)20(15-11-12-18(32-4)19(13-15)33-5)21-22(27-23)28-24(31)29(21)16-9-7-6-8-10-16/h6-14,20-21H,1-5H3,(H,27,28,31). The van der Waals surface area contributed by atoms with Crippen LogP contribution in [0.5, 0.6) is 11.5 Å². The van der Waals surface area contributed by atoms with Gasteiger partial charge in [0.2, 0.25) is 0 Å². The van der Waals surface area contributed by atoms with Crippen molar-refractivity contribution in [2.24, 2.45) is 4.99 Å². The number of amides is 2. The Morgan fingerprint density at radius 2 is 1.73 bits per heavy atom. The molecule has 33 heavy (non-hydrogen) atoms. The van der Waals surface area contributed by atoms with Gasteiger partial charge in [0.05, 0.1) is 26.0 Å². The van der Waals surface area contributed by atoms with Crippen LogP contribution in [0.15, 0.2) is 59.7 Å². The summed E-state index contributed by atoms with van der Waals surface area (Å²) < 4.78 is 12.9. The Morgan fingerprint density at radius 3 is 2.39 bits per heavy atom. The van der Waals surface area contributed by atoms with Crippen LogP contribution < -0.4 is 19.7 Å². The molecule has 1 aromatic heterocycles. The van der Waals surface area contributed by atoms with Crippen molar-refractivity contribution < 1.29 is 14.3 Å². The highest BCUT2D eigenvalue weighted by Gasteiger charge is 2.48. The number of fused-ring (bicyclic) bond motifs is 2. The number of aliphatic imine (C=N–C) groups is 1. The molecule has 170 valence electrons. The van der Waals surface area contributed by atoms with Gasteiger partial charge in [-0.3, -0.25) is 10.2 Å². The highest BCUT2D eigenvalue weighted by atomic mass is 16.5. The van der Waals surface area contributed by atoms with E-state index in [1.165, 1.54) is 0 Å². The van der Waals surface area contributed by atoms with Gasteiger partial charge in [-0.25, -0.2) is 14.5 Å². The molecule has 1 N–H and O–H groups in total. The summed E-state index contributed by atoms with van der Waals surface area (Å²) in [5.74, 6) is 2.44. The number of benzene rings is 2. The van der Waals surface area contributed by atoms with E-state index in [-0.39, 0.29) is 23.5 Å². The van der Waals surface area contributed by atoms with Crippen molar-refractivity contribution in [2.45, 2.75) is 38.3 Å². The largest absolute Gasteiger partial charge is 0.493 e. The molecule has 5 rings (SSSR count). The maximum absolute atomic E-state index is 13.2. The number of carbonyl (C=O) groups is 1. The lowest BCUT2D eigenvalue weighted by molar-refractivity contribution is 0.252. The predicted molar refractivity (Wildman–Crippen MR) is 127 cm³/mol. The smallest absolute Gasteiger partial charge is 0.328 e. The van der Waals surface area contributed by atoms with Crippen LogP contribution in [0.4, 0.5) is 16.3 Å². The minimum atomic E-state index is -0.344. The summed E-state index contributed by atoms with van der Waals surface area (Å²) in [4.78, 5) is 19.8. The zero-order chi connectivity index (χ0) is 23.3. The Morgan fingerprint density at radius 1 is 1.00 bits per heavy atom. The minimum absolute atomic E-state index is 0.198. The van der Waals surface area contributed by atoms with Crippen LogP contribution in [0.3, 0.4) is 0 Å². The van der Waals surface area contributed by atoms with E-state index < -0.39 is 0 Å². The topological polar surface area (TPSA) is 81.0 Å². The van der Waals surface area contributed by atoms with Gasteiger partial charge in [-0.15, -0.1) is 0 Å². The Hall–Kier alpha value is -3.81. The molecule has 2 atom stereocenters.